The first-order valence-corrected chi connectivity index (χ1v) is 11.4. The third-order valence-electron chi connectivity index (χ3n) is 6.64. The van der Waals surface area contributed by atoms with Gasteiger partial charge in [-0.3, -0.25) is 4.79 Å². The predicted octanol–water partition coefficient (Wildman–Crippen LogP) is 5.11. The van der Waals surface area contributed by atoms with Crippen LogP contribution in [0, 0.1) is 11.6 Å². The highest BCUT2D eigenvalue weighted by atomic mass is 19.1. The summed E-state index contributed by atoms with van der Waals surface area (Å²) in [5.41, 5.74) is 1.43. The van der Waals surface area contributed by atoms with E-state index in [-0.39, 0.29) is 29.1 Å². The number of esters is 2. The van der Waals surface area contributed by atoms with Crippen LogP contribution in [0.3, 0.4) is 0 Å². The van der Waals surface area contributed by atoms with E-state index in [0.29, 0.717) is 17.7 Å². The van der Waals surface area contributed by atoms with Crippen LogP contribution in [0.25, 0.3) is 11.1 Å². The van der Waals surface area contributed by atoms with E-state index in [1.54, 1.807) is 27.8 Å². The van der Waals surface area contributed by atoms with Crippen LogP contribution in [0.15, 0.2) is 48.7 Å². The lowest BCUT2D eigenvalue weighted by molar-refractivity contribution is -0.122. The molecule has 1 fully saturated rings. The zero-order chi connectivity index (χ0) is 24.7. The maximum Gasteiger partial charge on any atom is 0.363 e. The van der Waals surface area contributed by atoms with Gasteiger partial charge < -0.3 is 18.9 Å². The van der Waals surface area contributed by atoms with Crippen LogP contribution in [0.1, 0.15) is 53.1 Å². The minimum Gasteiger partial charge on any atom is -0.451 e. The van der Waals surface area contributed by atoms with Crippen LogP contribution in [0.2, 0.25) is 0 Å². The molecule has 2 atom stereocenters. The molecular formula is C26H22F2N2O5. The first kappa shape index (κ1) is 22.8. The molecule has 7 nitrogen and oxygen atoms in total. The maximum absolute atomic E-state index is 13.9. The largest absolute Gasteiger partial charge is 0.451 e. The van der Waals surface area contributed by atoms with Crippen LogP contribution >= 0.6 is 0 Å². The number of fused-ring (bicyclic) bond motifs is 1. The van der Waals surface area contributed by atoms with Crippen molar-refractivity contribution in [2.75, 3.05) is 6.54 Å². The van der Waals surface area contributed by atoms with Gasteiger partial charge in [0.2, 0.25) is 6.41 Å². The van der Waals surface area contributed by atoms with Crippen molar-refractivity contribution in [1.29, 1.82) is 0 Å². The summed E-state index contributed by atoms with van der Waals surface area (Å²) in [6, 6.07) is 9.72. The van der Waals surface area contributed by atoms with E-state index in [1.807, 2.05) is 6.92 Å². The minimum atomic E-state index is -0.826. The Labute approximate surface area is 199 Å². The molecule has 0 aliphatic carbocycles. The standard InChI is InChI=1S/C26H22F2N2O5/c1-2-16-8-9-17(12-29(16)14-31)30-13-19(22-23(30)26(33)35-25(22)32)15-6-10-18(11-7-15)34-24-20(27)4-3-5-21(24)28/h3-7,10-11,13-14,16-17H,2,8-9,12H2,1H3/t16?,17-/m1/s1. The van der Waals surface area contributed by atoms with Gasteiger partial charge in [0.1, 0.15) is 17.0 Å². The van der Waals surface area contributed by atoms with E-state index in [1.165, 1.54) is 18.2 Å². The van der Waals surface area contributed by atoms with Gasteiger partial charge in [0.05, 0.1) is 6.04 Å². The van der Waals surface area contributed by atoms with Crippen molar-refractivity contribution in [2.45, 2.75) is 38.3 Å². The van der Waals surface area contributed by atoms with Gasteiger partial charge in [-0.2, -0.15) is 0 Å². The number of nitrogens with zero attached hydrogens (tertiary/aromatic N) is 2. The van der Waals surface area contributed by atoms with E-state index >= 15 is 0 Å². The summed E-state index contributed by atoms with van der Waals surface area (Å²) in [6.45, 7) is 2.45. The van der Waals surface area contributed by atoms with E-state index < -0.39 is 29.3 Å². The number of hydrogen-bond acceptors (Lipinski definition) is 5. The van der Waals surface area contributed by atoms with Gasteiger partial charge >= 0.3 is 11.9 Å². The molecule has 1 amide bonds. The fourth-order valence-corrected chi connectivity index (χ4v) is 4.86. The Bertz CT molecular complexity index is 1300. The third-order valence-corrected chi connectivity index (χ3v) is 6.64. The topological polar surface area (TPSA) is 77.8 Å². The number of carbonyl (C=O) groups excluding carboxylic acids is 3. The average molecular weight is 480 g/mol. The number of halogens is 2. The van der Waals surface area contributed by atoms with Gasteiger partial charge in [-0.05, 0) is 49.1 Å². The van der Waals surface area contributed by atoms with Crippen LogP contribution in [-0.4, -0.2) is 40.4 Å². The summed E-state index contributed by atoms with van der Waals surface area (Å²) in [4.78, 5) is 38.4. The Kier molecular flexibility index (Phi) is 5.84. The minimum absolute atomic E-state index is 0.146. The van der Waals surface area contributed by atoms with Gasteiger partial charge in [0.15, 0.2) is 17.4 Å². The highest BCUT2D eigenvalue weighted by Gasteiger charge is 2.40. The summed E-state index contributed by atoms with van der Waals surface area (Å²) < 4.78 is 39.8. The molecule has 0 bridgehead atoms. The number of benzene rings is 2. The van der Waals surface area contributed by atoms with Gasteiger partial charge in [-0.1, -0.05) is 25.1 Å². The summed E-state index contributed by atoms with van der Waals surface area (Å²) >= 11 is 0. The first-order valence-electron chi connectivity index (χ1n) is 11.4. The predicted molar refractivity (Wildman–Crippen MR) is 121 cm³/mol. The summed E-state index contributed by atoms with van der Waals surface area (Å²) in [5.74, 6) is -3.42. The Hall–Kier alpha value is -4.01. The molecule has 1 saturated heterocycles. The molecule has 0 N–H and O–H groups in total. The number of para-hydroxylation sites is 1. The molecule has 0 saturated carbocycles. The Morgan fingerprint density at radius 1 is 1.06 bits per heavy atom. The van der Waals surface area contributed by atoms with Crippen molar-refractivity contribution in [3.8, 4) is 22.6 Å². The number of amides is 1. The zero-order valence-corrected chi connectivity index (χ0v) is 18.9. The van der Waals surface area contributed by atoms with Crippen molar-refractivity contribution in [1.82, 2.24) is 9.47 Å². The van der Waals surface area contributed by atoms with Gasteiger partial charge in [0, 0.05) is 24.3 Å². The SMILES string of the molecule is CCC1CC[C@@H](n2cc(-c3ccc(Oc4c(F)cccc4F)cc3)c3c2C(=O)OC3=O)CN1C=O. The number of aromatic nitrogens is 1. The summed E-state index contributed by atoms with van der Waals surface area (Å²) in [7, 11) is 0. The third kappa shape index (κ3) is 3.96. The molecule has 3 aromatic rings. The molecule has 180 valence electrons. The van der Waals surface area contributed by atoms with Gasteiger partial charge in [0.25, 0.3) is 0 Å². The fraction of sp³-hybridized carbons (Fsp3) is 0.269. The maximum atomic E-state index is 13.9. The first-order chi connectivity index (χ1) is 16.9. The molecule has 5 rings (SSSR count). The second-order valence-corrected chi connectivity index (χ2v) is 8.62. The molecule has 9 heteroatoms. The van der Waals surface area contributed by atoms with Crippen molar-refractivity contribution in [3.05, 3.63) is 71.6 Å². The molecule has 0 spiro atoms. The number of ether oxygens (including phenoxy) is 2. The molecular weight excluding hydrogens is 458 g/mol. The van der Waals surface area contributed by atoms with Crippen LogP contribution < -0.4 is 4.74 Å². The molecule has 0 radical (unpaired) electrons. The van der Waals surface area contributed by atoms with Crippen molar-refractivity contribution in [3.63, 3.8) is 0 Å². The normalized spacial score (nSPS) is 19.5. The molecule has 35 heavy (non-hydrogen) atoms. The van der Waals surface area contributed by atoms with Gasteiger partial charge in [-0.15, -0.1) is 0 Å². The second kappa shape index (κ2) is 8.98. The quantitative estimate of drug-likeness (QED) is 0.278. The molecule has 2 aliphatic heterocycles. The van der Waals surface area contributed by atoms with E-state index in [0.717, 1.165) is 37.8 Å². The number of likely N-dealkylation sites (tertiary alicyclic amines) is 1. The highest BCUT2D eigenvalue weighted by Crippen LogP contribution is 2.38. The second-order valence-electron chi connectivity index (χ2n) is 8.62. The molecule has 2 aromatic carbocycles. The summed E-state index contributed by atoms with van der Waals surface area (Å²) in [5, 5.41) is 0. The van der Waals surface area contributed by atoms with Crippen molar-refractivity contribution in [2.24, 2.45) is 0 Å². The fourth-order valence-electron chi connectivity index (χ4n) is 4.86. The van der Waals surface area contributed by atoms with E-state index in [4.69, 9.17) is 9.47 Å². The zero-order valence-electron chi connectivity index (χ0n) is 18.9. The molecule has 1 unspecified atom stereocenters. The number of hydrogen-bond donors (Lipinski definition) is 0. The number of piperidine rings is 1. The smallest absolute Gasteiger partial charge is 0.363 e. The Morgan fingerprint density at radius 3 is 2.43 bits per heavy atom. The number of cyclic esters (lactones) is 2. The van der Waals surface area contributed by atoms with E-state index in [9.17, 15) is 23.2 Å². The van der Waals surface area contributed by atoms with Crippen LogP contribution in [0.4, 0.5) is 8.78 Å². The molecule has 3 heterocycles. The number of carbonyl (C=O) groups is 3. The Balaban J connectivity index is 1.48. The van der Waals surface area contributed by atoms with Gasteiger partial charge in [-0.25, -0.2) is 18.4 Å². The number of rotatable bonds is 6. The van der Waals surface area contributed by atoms with Crippen LogP contribution in [0.5, 0.6) is 11.5 Å². The molecule has 1 aromatic heterocycles. The lowest BCUT2D eigenvalue weighted by Crippen LogP contribution is -2.43. The highest BCUT2D eigenvalue weighted by molar-refractivity contribution is 6.17. The monoisotopic (exact) mass is 480 g/mol. The van der Waals surface area contributed by atoms with Crippen molar-refractivity contribution < 1.29 is 32.6 Å². The molecule has 2 aliphatic rings. The lowest BCUT2D eigenvalue weighted by atomic mass is 9.97. The van der Waals surface area contributed by atoms with Crippen molar-refractivity contribution >= 4 is 18.3 Å². The lowest BCUT2D eigenvalue weighted by Gasteiger charge is -2.37. The summed E-state index contributed by atoms with van der Waals surface area (Å²) in [6.07, 6.45) is 4.92. The van der Waals surface area contributed by atoms with E-state index in [2.05, 4.69) is 0 Å². The average Bonchev–Trinajstić information content (AvgIpc) is 3.40. The van der Waals surface area contributed by atoms with Crippen LogP contribution in [-0.2, 0) is 9.53 Å². The Morgan fingerprint density at radius 2 is 1.77 bits per heavy atom.